The van der Waals surface area contributed by atoms with Gasteiger partial charge in [-0.2, -0.15) is 0 Å². The number of carbonyl (C=O) groups is 1. The fourth-order valence-corrected chi connectivity index (χ4v) is 5.27. The summed E-state index contributed by atoms with van der Waals surface area (Å²) < 4.78 is 6.91. The zero-order chi connectivity index (χ0) is 17.9. The van der Waals surface area contributed by atoms with Crippen molar-refractivity contribution in [3.05, 3.63) is 80.0 Å². The van der Waals surface area contributed by atoms with E-state index in [0.717, 1.165) is 27.0 Å². The molecule has 5 heteroatoms. The molecule has 1 spiro atoms. The van der Waals surface area contributed by atoms with E-state index in [2.05, 4.69) is 41.1 Å². The quantitative estimate of drug-likeness (QED) is 0.575. The van der Waals surface area contributed by atoms with Gasteiger partial charge in [-0.15, -0.1) is 11.3 Å². The summed E-state index contributed by atoms with van der Waals surface area (Å²) in [6.45, 7) is 3.04. The van der Waals surface area contributed by atoms with Gasteiger partial charge in [0.1, 0.15) is 17.8 Å². The van der Waals surface area contributed by atoms with E-state index in [-0.39, 0.29) is 5.91 Å². The molecular weight excluding hydrogens is 410 g/mol. The van der Waals surface area contributed by atoms with Crippen molar-refractivity contribution in [3.63, 3.8) is 0 Å². The van der Waals surface area contributed by atoms with Gasteiger partial charge in [0.05, 0.1) is 6.54 Å². The van der Waals surface area contributed by atoms with Crippen LogP contribution in [0.1, 0.15) is 20.9 Å². The number of thiophene rings is 1. The number of para-hydroxylation sites is 1. The van der Waals surface area contributed by atoms with Crippen molar-refractivity contribution in [3.8, 4) is 5.75 Å². The molecule has 0 saturated heterocycles. The molecule has 26 heavy (non-hydrogen) atoms. The molecule has 0 aliphatic carbocycles. The number of aryl methyl sites for hydroxylation is 1. The lowest BCUT2D eigenvalue weighted by molar-refractivity contribution is -0.122. The van der Waals surface area contributed by atoms with E-state index in [1.165, 1.54) is 9.75 Å². The van der Waals surface area contributed by atoms with Gasteiger partial charge in [-0.3, -0.25) is 4.79 Å². The Kier molecular flexibility index (Phi) is 3.52. The molecule has 1 atom stereocenters. The summed E-state index contributed by atoms with van der Waals surface area (Å²) in [5, 5.41) is 0. The molecule has 2 aliphatic rings. The summed E-state index contributed by atoms with van der Waals surface area (Å²) in [7, 11) is 0. The fourth-order valence-electron chi connectivity index (χ4n) is 4.03. The Hall–Kier alpha value is -2.11. The molecule has 3 nitrogen and oxygen atoms in total. The number of halogens is 1. The van der Waals surface area contributed by atoms with Gasteiger partial charge in [0.25, 0.3) is 0 Å². The number of anilines is 1. The predicted molar refractivity (Wildman–Crippen MR) is 107 cm³/mol. The normalized spacial score (nSPS) is 20.4. The molecule has 1 aromatic heterocycles. The second kappa shape index (κ2) is 5.69. The van der Waals surface area contributed by atoms with Gasteiger partial charge in [-0.1, -0.05) is 34.1 Å². The first-order valence-electron chi connectivity index (χ1n) is 8.49. The van der Waals surface area contributed by atoms with E-state index < -0.39 is 5.41 Å². The number of nitrogens with zero attached hydrogens (tertiary/aromatic N) is 1. The Balaban J connectivity index is 1.68. The van der Waals surface area contributed by atoms with Crippen LogP contribution in [0.5, 0.6) is 5.75 Å². The number of fused-ring (bicyclic) bond motifs is 4. The Labute approximate surface area is 164 Å². The zero-order valence-electron chi connectivity index (χ0n) is 14.2. The molecule has 0 saturated carbocycles. The second-order valence-electron chi connectivity index (χ2n) is 6.76. The highest BCUT2D eigenvalue weighted by molar-refractivity contribution is 9.10. The van der Waals surface area contributed by atoms with Crippen LogP contribution in [0, 0.1) is 6.92 Å². The van der Waals surface area contributed by atoms with Crippen molar-refractivity contribution >= 4 is 38.9 Å². The summed E-state index contributed by atoms with van der Waals surface area (Å²) in [5.41, 5.74) is 2.23. The molecule has 0 N–H and O–H groups in total. The highest BCUT2D eigenvalue weighted by atomic mass is 79.9. The third-order valence-electron chi connectivity index (χ3n) is 5.22. The van der Waals surface area contributed by atoms with Crippen LogP contribution in [0.25, 0.3) is 0 Å². The third kappa shape index (κ3) is 2.14. The number of benzene rings is 2. The van der Waals surface area contributed by atoms with Crippen LogP contribution in [0.3, 0.4) is 0 Å². The van der Waals surface area contributed by atoms with Crippen LogP contribution in [-0.4, -0.2) is 12.5 Å². The van der Waals surface area contributed by atoms with E-state index in [1.807, 2.05) is 41.3 Å². The number of hydrogen-bond acceptors (Lipinski definition) is 3. The van der Waals surface area contributed by atoms with Crippen LogP contribution >= 0.6 is 27.3 Å². The van der Waals surface area contributed by atoms with E-state index in [1.54, 1.807) is 11.3 Å². The predicted octanol–water partition coefficient (Wildman–Crippen LogP) is 5.04. The molecular formula is C21H16BrNO2S. The van der Waals surface area contributed by atoms with Crippen molar-refractivity contribution in [1.82, 2.24) is 0 Å². The maximum absolute atomic E-state index is 13.7. The van der Waals surface area contributed by atoms with Crippen LogP contribution in [-0.2, 0) is 16.8 Å². The van der Waals surface area contributed by atoms with Gasteiger partial charge in [-0.25, -0.2) is 0 Å². The van der Waals surface area contributed by atoms with Crippen molar-refractivity contribution < 1.29 is 9.53 Å². The van der Waals surface area contributed by atoms with Gasteiger partial charge in [0.15, 0.2) is 0 Å². The van der Waals surface area contributed by atoms with E-state index >= 15 is 0 Å². The maximum Gasteiger partial charge on any atom is 0.246 e. The second-order valence-corrected chi connectivity index (χ2v) is 9.04. The molecule has 3 heterocycles. The number of rotatable bonds is 2. The minimum atomic E-state index is -0.748. The molecule has 2 aromatic carbocycles. The molecule has 0 fully saturated rings. The van der Waals surface area contributed by atoms with Gasteiger partial charge >= 0.3 is 0 Å². The van der Waals surface area contributed by atoms with Crippen LogP contribution in [0.4, 0.5) is 5.69 Å². The fraction of sp³-hybridized carbons (Fsp3) is 0.190. The maximum atomic E-state index is 13.7. The van der Waals surface area contributed by atoms with Crippen molar-refractivity contribution in [2.45, 2.75) is 18.9 Å². The molecule has 2 aliphatic heterocycles. The third-order valence-corrected chi connectivity index (χ3v) is 6.70. The van der Waals surface area contributed by atoms with E-state index in [0.29, 0.717) is 13.2 Å². The van der Waals surface area contributed by atoms with Crippen molar-refractivity contribution in [2.24, 2.45) is 0 Å². The average molecular weight is 426 g/mol. The smallest absolute Gasteiger partial charge is 0.246 e. The Morgan fingerprint density at radius 1 is 1.15 bits per heavy atom. The minimum Gasteiger partial charge on any atom is -0.491 e. The summed E-state index contributed by atoms with van der Waals surface area (Å²) in [6.07, 6.45) is 0. The highest BCUT2D eigenvalue weighted by Crippen LogP contribution is 2.53. The lowest BCUT2D eigenvalue weighted by Gasteiger charge is -2.23. The summed E-state index contributed by atoms with van der Waals surface area (Å²) in [5.74, 6) is 0.895. The number of hydrogen-bond donors (Lipinski definition) is 0. The van der Waals surface area contributed by atoms with Crippen LogP contribution < -0.4 is 9.64 Å². The standard InChI is InChI=1S/C21H16BrNO2S/c1-13-6-8-15(26-13)11-23-18-5-3-2-4-16(18)21(20(23)24)12-25-19-9-7-14(22)10-17(19)21/h2-10H,11-12H2,1H3. The monoisotopic (exact) mass is 425 g/mol. The number of ether oxygens (including phenoxy) is 1. The Morgan fingerprint density at radius 2 is 2.00 bits per heavy atom. The van der Waals surface area contributed by atoms with Crippen LogP contribution in [0.2, 0.25) is 0 Å². The van der Waals surface area contributed by atoms with Gasteiger partial charge in [-0.05, 0) is 48.9 Å². The first kappa shape index (κ1) is 16.1. The molecule has 0 radical (unpaired) electrons. The Morgan fingerprint density at radius 3 is 2.81 bits per heavy atom. The lowest BCUT2D eigenvalue weighted by Crippen LogP contribution is -2.42. The van der Waals surface area contributed by atoms with Crippen molar-refractivity contribution in [2.75, 3.05) is 11.5 Å². The van der Waals surface area contributed by atoms with Gasteiger partial charge in [0.2, 0.25) is 5.91 Å². The first-order valence-corrected chi connectivity index (χ1v) is 10.1. The number of carbonyl (C=O) groups excluding carboxylic acids is 1. The van der Waals surface area contributed by atoms with Gasteiger partial charge < -0.3 is 9.64 Å². The van der Waals surface area contributed by atoms with E-state index in [9.17, 15) is 4.79 Å². The van der Waals surface area contributed by atoms with Gasteiger partial charge in [0, 0.05) is 25.5 Å². The molecule has 1 amide bonds. The minimum absolute atomic E-state index is 0.0987. The summed E-state index contributed by atoms with van der Waals surface area (Å²) in [4.78, 5) is 18.1. The molecule has 0 bridgehead atoms. The topological polar surface area (TPSA) is 29.5 Å². The molecule has 130 valence electrons. The van der Waals surface area contributed by atoms with Crippen LogP contribution in [0.15, 0.2) is 59.1 Å². The Bertz CT molecular complexity index is 1040. The largest absolute Gasteiger partial charge is 0.491 e. The lowest BCUT2D eigenvalue weighted by atomic mass is 9.77. The summed E-state index contributed by atoms with van der Waals surface area (Å²) >= 11 is 5.29. The number of amides is 1. The SMILES string of the molecule is Cc1ccc(CN2C(=O)C3(COc4ccc(Br)cc43)c3ccccc32)s1. The van der Waals surface area contributed by atoms with Crippen molar-refractivity contribution in [1.29, 1.82) is 0 Å². The zero-order valence-corrected chi connectivity index (χ0v) is 16.6. The molecule has 5 rings (SSSR count). The van der Waals surface area contributed by atoms with E-state index in [4.69, 9.17) is 4.74 Å². The first-order chi connectivity index (χ1) is 12.6. The average Bonchev–Trinajstić information content (AvgIpc) is 3.29. The highest BCUT2D eigenvalue weighted by Gasteiger charge is 2.56. The molecule has 3 aromatic rings. The summed E-state index contributed by atoms with van der Waals surface area (Å²) in [6, 6.07) is 18.2. The molecule has 1 unspecified atom stereocenters.